The quantitative estimate of drug-likeness (QED) is 0.851. The monoisotopic (exact) mass is 269 g/mol. The van der Waals surface area contributed by atoms with Crippen molar-refractivity contribution < 1.29 is 9.90 Å². The first-order valence-corrected chi connectivity index (χ1v) is 6.27. The Morgan fingerprint density at radius 1 is 1.33 bits per heavy atom. The molecule has 5 nitrogen and oxygen atoms in total. The minimum atomic E-state index is -1.02. The summed E-state index contributed by atoms with van der Waals surface area (Å²) in [5, 5.41) is 17.5. The first-order chi connectivity index (χ1) is 8.32. The van der Waals surface area contributed by atoms with E-state index in [1.54, 1.807) is 0 Å². The van der Waals surface area contributed by atoms with Gasteiger partial charge in [-0.1, -0.05) is 11.6 Å². The number of carbonyl (C=O) groups is 1. The third kappa shape index (κ3) is 2.14. The van der Waals surface area contributed by atoms with Gasteiger partial charge < -0.3 is 5.11 Å². The number of fused-ring (bicyclic) bond motifs is 1. The van der Waals surface area contributed by atoms with Crippen LogP contribution < -0.4 is 4.90 Å². The molecular formula is C12H16ClN3O2. The van der Waals surface area contributed by atoms with Crippen LogP contribution in [0.2, 0.25) is 5.15 Å². The molecule has 1 aliphatic rings. The number of rotatable bonds is 1. The first-order valence-electron chi connectivity index (χ1n) is 5.89. The van der Waals surface area contributed by atoms with Crippen LogP contribution in [0.5, 0.6) is 0 Å². The topological polar surface area (TPSA) is 66.3 Å². The lowest BCUT2D eigenvalue weighted by atomic mass is 10.0. The molecule has 0 aliphatic heterocycles. The van der Waals surface area contributed by atoms with Gasteiger partial charge in [0.1, 0.15) is 0 Å². The average molecular weight is 270 g/mol. The van der Waals surface area contributed by atoms with Gasteiger partial charge in [-0.2, -0.15) is 5.10 Å². The number of halogens is 1. The SMILES string of the molecule is CC(C)(C)N(C(=O)O)c1c(Cl)nnc2c1CCC2. The summed E-state index contributed by atoms with van der Waals surface area (Å²) in [6, 6.07) is 0. The van der Waals surface area contributed by atoms with Crippen LogP contribution in [0.25, 0.3) is 0 Å². The van der Waals surface area contributed by atoms with E-state index < -0.39 is 11.6 Å². The highest BCUT2D eigenvalue weighted by molar-refractivity contribution is 6.32. The van der Waals surface area contributed by atoms with Crippen LogP contribution in [-0.4, -0.2) is 26.9 Å². The summed E-state index contributed by atoms with van der Waals surface area (Å²) in [6.07, 6.45) is 1.59. The predicted octanol–water partition coefficient (Wildman–Crippen LogP) is 2.90. The predicted molar refractivity (Wildman–Crippen MR) is 69.3 cm³/mol. The van der Waals surface area contributed by atoms with Crippen molar-refractivity contribution in [2.75, 3.05) is 4.90 Å². The van der Waals surface area contributed by atoms with Crippen molar-refractivity contribution in [3.63, 3.8) is 0 Å². The van der Waals surface area contributed by atoms with Gasteiger partial charge in [0.05, 0.1) is 11.4 Å². The Hall–Kier alpha value is -1.36. The van der Waals surface area contributed by atoms with Crippen molar-refractivity contribution in [1.82, 2.24) is 10.2 Å². The zero-order valence-electron chi connectivity index (χ0n) is 10.7. The van der Waals surface area contributed by atoms with Gasteiger partial charge in [-0.05, 0) is 40.0 Å². The molecule has 18 heavy (non-hydrogen) atoms. The summed E-state index contributed by atoms with van der Waals surface area (Å²) in [5.74, 6) is 0. The Labute approximate surface area is 111 Å². The van der Waals surface area contributed by atoms with E-state index in [4.69, 9.17) is 11.6 Å². The van der Waals surface area contributed by atoms with Crippen molar-refractivity contribution in [2.45, 2.75) is 45.6 Å². The maximum atomic E-state index is 11.5. The molecule has 0 bridgehead atoms. The fourth-order valence-electron chi connectivity index (χ4n) is 2.31. The van der Waals surface area contributed by atoms with E-state index in [9.17, 15) is 9.90 Å². The second kappa shape index (κ2) is 4.39. The number of amides is 1. The van der Waals surface area contributed by atoms with E-state index >= 15 is 0 Å². The Morgan fingerprint density at radius 2 is 2.00 bits per heavy atom. The zero-order chi connectivity index (χ0) is 13.5. The molecule has 0 unspecified atom stereocenters. The fourth-order valence-corrected chi connectivity index (χ4v) is 2.55. The normalized spacial score (nSPS) is 14.4. The number of aromatic nitrogens is 2. The molecule has 0 fully saturated rings. The molecule has 1 aliphatic carbocycles. The first kappa shape index (κ1) is 13.1. The van der Waals surface area contributed by atoms with Crippen molar-refractivity contribution in [2.24, 2.45) is 0 Å². The molecule has 1 N–H and O–H groups in total. The highest BCUT2D eigenvalue weighted by Gasteiger charge is 2.34. The number of anilines is 1. The van der Waals surface area contributed by atoms with Gasteiger partial charge in [-0.3, -0.25) is 4.90 Å². The second-order valence-electron chi connectivity index (χ2n) is 5.41. The van der Waals surface area contributed by atoms with Crippen LogP contribution >= 0.6 is 11.6 Å². The molecule has 98 valence electrons. The number of hydrogen-bond acceptors (Lipinski definition) is 3. The molecule has 1 amide bonds. The van der Waals surface area contributed by atoms with Crippen molar-refractivity contribution in [1.29, 1.82) is 0 Å². The summed E-state index contributed by atoms with van der Waals surface area (Å²) in [6.45, 7) is 5.50. The number of hydrogen-bond donors (Lipinski definition) is 1. The lowest BCUT2D eigenvalue weighted by Crippen LogP contribution is -2.46. The summed E-state index contributed by atoms with van der Waals surface area (Å²) in [5.41, 5.74) is 1.71. The molecule has 1 aromatic heterocycles. The van der Waals surface area contributed by atoms with Gasteiger partial charge in [-0.15, -0.1) is 5.10 Å². The fraction of sp³-hybridized carbons (Fsp3) is 0.583. The third-order valence-corrected chi connectivity index (χ3v) is 3.27. The van der Waals surface area contributed by atoms with E-state index in [0.29, 0.717) is 5.69 Å². The molecule has 0 spiro atoms. The summed E-state index contributed by atoms with van der Waals surface area (Å²) < 4.78 is 0. The summed E-state index contributed by atoms with van der Waals surface area (Å²) in [7, 11) is 0. The highest BCUT2D eigenvalue weighted by atomic mass is 35.5. The van der Waals surface area contributed by atoms with Crippen LogP contribution in [0.3, 0.4) is 0 Å². The molecule has 0 aromatic carbocycles. The van der Waals surface area contributed by atoms with Gasteiger partial charge in [0, 0.05) is 11.1 Å². The van der Waals surface area contributed by atoms with E-state index in [1.807, 2.05) is 20.8 Å². The minimum Gasteiger partial charge on any atom is -0.465 e. The van der Waals surface area contributed by atoms with E-state index in [1.165, 1.54) is 4.90 Å². The Morgan fingerprint density at radius 3 is 2.56 bits per heavy atom. The van der Waals surface area contributed by atoms with Gasteiger partial charge in [0.15, 0.2) is 5.15 Å². The number of nitrogens with zero attached hydrogens (tertiary/aromatic N) is 3. The molecule has 2 rings (SSSR count). The van der Waals surface area contributed by atoms with Gasteiger partial charge >= 0.3 is 6.09 Å². The summed E-state index contributed by atoms with van der Waals surface area (Å²) in [4.78, 5) is 12.8. The molecule has 0 atom stereocenters. The standard InChI is InChI=1S/C12H16ClN3O2/c1-12(2,3)16(11(17)18)9-7-5-4-6-8(7)14-15-10(9)13/h4-6H2,1-3H3,(H,17,18). The van der Waals surface area contributed by atoms with E-state index in [0.717, 1.165) is 30.5 Å². The molecule has 0 saturated heterocycles. The van der Waals surface area contributed by atoms with Crippen LogP contribution in [-0.2, 0) is 12.8 Å². The molecule has 1 heterocycles. The van der Waals surface area contributed by atoms with Crippen molar-refractivity contribution >= 4 is 23.4 Å². The zero-order valence-corrected chi connectivity index (χ0v) is 11.5. The average Bonchev–Trinajstić information content (AvgIpc) is 2.67. The largest absolute Gasteiger partial charge is 0.465 e. The maximum Gasteiger partial charge on any atom is 0.412 e. The Kier molecular flexibility index (Phi) is 3.19. The van der Waals surface area contributed by atoms with Crippen LogP contribution in [0.4, 0.5) is 10.5 Å². The van der Waals surface area contributed by atoms with Crippen LogP contribution in [0.15, 0.2) is 0 Å². The second-order valence-corrected chi connectivity index (χ2v) is 5.77. The molecule has 6 heteroatoms. The van der Waals surface area contributed by atoms with Gasteiger partial charge in [-0.25, -0.2) is 4.79 Å². The Balaban J connectivity index is 2.62. The third-order valence-electron chi connectivity index (χ3n) is 3.01. The van der Waals surface area contributed by atoms with E-state index in [2.05, 4.69) is 10.2 Å². The lowest BCUT2D eigenvalue weighted by molar-refractivity contribution is 0.195. The smallest absolute Gasteiger partial charge is 0.412 e. The van der Waals surface area contributed by atoms with Crippen LogP contribution in [0.1, 0.15) is 38.4 Å². The number of aryl methyl sites for hydroxylation is 1. The highest BCUT2D eigenvalue weighted by Crippen LogP contribution is 2.37. The van der Waals surface area contributed by atoms with Gasteiger partial charge in [0.2, 0.25) is 0 Å². The number of carboxylic acid groups (broad SMARTS) is 1. The maximum absolute atomic E-state index is 11.5. The Bertz CT molecular complexity index is 497. The molecule has 0 radical (unpaired) electrons. The van der Waals surface area contributed by atoms with Gasteiger partial charge in [0.25, 0.3) is 0 Å². The minimum absolute atomic E-state index is 0.160. The van der Waals surface area contributed by atoms with Crippen molar-refractivity contribution in [3.8, 4) is 0 Å². The lowest BCUT2D eigenvalue weighted by Gasteiger charge is -2.34. The van der Waals surface area contributed by atoms with E-state index in [-0.39, 0.29) is 5.15 Å². The van der Waals surface area contributed by atoms with Crippen molar-refractivity contribution in [3.05, 3.63) is 16.4 Å². The summed E-state index contributed by atoms with van der Waals surface area (Å²) >= 11 is 6.07. The van der Waals surface area contributed by atoms with Crippen LogP contribution in [0, 0.1) is 0 Å². The molecular weight excluding hydrogens is 254 g/mol. The molecule has 1 aromatic rings. The molecule has 0 saturated carbocycles.